The van der Waals surface area contributed by atoms with Gasteiger partial charge in [-0.25, -0.2) is 5.43 Å². The summed E-state index contributed by atoms with van der Waals surface area (Å²) in [5.41, 5.74) is 5.83. The molecule has 94 valence electrons. The van der Waals surface area contributed by atoms with Crippen LogP contribution >= 0.6 is 11.3 Å². The number of hydrazone groups is 1. The number of aryl methyl sites for hydroxylation is 1. The lowest BCUT2D eigenvalue weighted by Crippen LogP contribution is -2.16. The fourth-order valence-electron chi connectivity index (χ4n) is 1.64. The second-order valence-electron chi connectivity index (χ2n) is 4.06. The zero-order valence-corrected chi connectivity index (χ0v) is 11.4. The third-order valence-corrected chi connectivity index (χ3v) is 3.80. The second-order valence-corrected chi connectivity index (χ2v) is 5.01. The van der Waals surface area contributed by atoms with Crippen molar-refractivity contribution < 1.29 is 4.79 Å². The van der Waals surface area contributed by atoms with E-state index < -0.39 is 0 Å². The van der Waals surface area contributed by atoms with Crippen LogP contribution in [0.15, 0.2) is 28.7 Å². The molecular weight excluding hydrogens is 246 g/mol. The maximum Gasteiger partial charge on any atom is 0.281 e. The summed E-state index contributed by atoms with van der Waals surface area (Å²) >= 11 is 1.40. The van der Waals surface area contributed by atoms with Crippen molar-refractivity contribution >= 4 is 23.5 Å². The van der Waals surface area contributed by atoms with Gasteiger partial charge in [0.25, 0.3) is 5.91 Å². The Bertz CT molecular complexity index is 582. The second kappa shape index (κ2) is 5.18. The minimum absolute atomic E-state index is 0.174. The molecule has 0 spiro atoms. The molecule has 2 rings (SSSR count). The predicted molar refractivity (Wildman–Crippen MR) is 74.3 cm³/mol. The standard InChI is InChI=1S/C13H15N3OS/c1-9-7-11(10(2)16(9)3)8-14-15-13(17)12-5-4-6-18-12/h4-8H,1-3H3,(H,15,17)/b14-8+. The van der Waals surface area contributed by atoms with Crippen LogP contribution < -0.4 is 5.43 Å². The summed E-state index contributed by atoms with van der Waals surface area (Å²) in [4.78, 5) is 12.3. The number of hydrogen-bond donors (Lipinski definition) is 1. The fourth-order valence-corrected chi connectivity index (χ4v) is 2.25. The van der Waals surface area contributed by atoms with Crippen LogP contribution in [0.25, 0.3) is 0 Å². The highest BCUT2D eigenvalue weighted by atomic mass is 32.1. The van der Waals surface area contributed by atoms with Gasteiger partial charge in [0, 0.05) is 24.0 Å². The zero-order chi connectivity index (χ0) is 13.1. The Morgan fingerprint density at radius 3 is 2.83 bits per heavy atom. The van der Waals surface area contributed by atoms with E-state index in [9.17, 15) is 4.79 Å². The first-order valence-corrected chi connectivity index (χ1v) is 6.47. The van der Waals surface area contributed by atoms with E-state index in [2.05, 4.69) is 15.1 Å². The van der Waals surface area contributed by atoms with E-state index >= 15 is 0 Å². The maximum absolute atomic E-state index is 11.6. The maximum atomic E-state index is 11.6. The van der Waals surface area contributed by atoms with Gasteiger partial charge in [-0.3, -0.25) is 4.79 Å². The summed E-state index contributed by atoms with van der Waals surface area (Å²) in [6.45, 7) is 4.06. The van der Waals surface area contributed by atoms with Crippen molar-refractivity contribution in [1.82, 2.24) is 9.99 Å². The lowest BCUT2D eigenvalue weighted by Gasteiger charge is -1.99. The van der Waals surface area contributed by atoms with Crippen LogP contribution in [-0.2, 0) is 7.05 Å². The quantitative estimate of drug-likeness (QED) is 0.669. The van der Waals surface area contributed by atoms with Crippen LogP contribution in [-0.4, -0.2) is 16.7 Å². The molecule has 0 aliphatic heterocycles. The Hall–Kier alpha value is -1.88. The van der Waals surface area contributed by atoms with Gasteiger partial charge in [0.15, 0.2) is 0 Å². The molecule has 1 N–H and O–H groups in total. The SMILES string of the molecule is Cc1cc(/C=N/NC(=O)c2cccs2)c(C)n1C. The molecule has 2 aromatic heterocycles. The van der Waals surface area contributed by atoms with Gasteiger partial charge < -0.3 is 4.57 Å². The van der Waals surface area contributed by atoms with Gasteiger partial charge in [0.1, 0.15) is 0 Å². The highest BCUT2D eigenvalue weighted by Gasteiger charge is 2.05. The Labute approximate surface area is 110 Å². The molecule has 1 amide bonds. The van der Waals surface area contributed by atoms with Crippen molar-refractivity contribution in [2.45, 2.75) is 13.8 Å². The summed E-state index contributed by atoms with van der Waals surface area (Å²) in [6, 6.07) is 5.65. The van der Waals surface area contributed by atoms with Crippen LogP contribution in [0.1, 0.15) is 26.6 Å². The molecule has 0 saturated carbocycles. The molecule has 0 aromatic carbocycles. The molecule has 0 atom stereocenters. The third-order valence-electron chi connectivity index (χ3n) is 2.93. The molecule has 0 saturated heterocycles. The number of nitrogens with zero attached hydrogens (tertiary/aromatic N) is 2. The molecule has 0 aliphatic rings. The largest absolute Gasteiger partial charge is 0.352 e. The lowest BCUT2D eigenvalue weighted by molar-refractivity contribution is 0.0959. The van der Waals surface area contributed by atoms with Crippen molar-refractivity contribution in [3.05, 3.63) is 45.4 Å². The Kier molecular flexibility index (Phi) is 3.62. The first kappa shape index (κ1) is 12.6. The van der Waals surface area contributed by atoms with Gasteiger partial charge in [-0.1, -0.05) is 6.07 Å². The van der Waals surface area contributed by atoms with Gasteiger partial charge in [0.05, 0.1) is 11.1 Å². The van der Waals surface area contributed by atoms with E-state index in [1.165, 1.54) is 17.0 Å². The molecule has 18 heavy (non-hydrogen) atoms. The molecule has 0 radical (unpaired) electrons. The van der Waals surface area contributed by atoms with Crippen molar-refractivity contribution in [3.8, 4) is 0 Å². The third kappa shape index (κ3) is 2.51. The zero-order valence-electron chi connectivity index (χ0n) is 10.6. The molecule has 2 aromatic rings. The Balaban J connectivity index is 2.04. The van der Waals surface area contributed by atoms with Gasteiger partial charge >= 0.3 is 0 Å². The van der Waals surface area contributed by atoms with Gasteiger partial charge in [0.2, 0.25) is 0 Å². The fraction of sp³-hybridized carbons (Fsp3) is 0.231. The highest BCUT2D eigenvalue weighted by Crippen LogP contribution is 2.11. The lowest BCUT2D eigenvalue weighted by atomic mass is 10.3. The van der Waals surface area contributed by atoms with Crippen LogP contribution in [0.5, 0.6) is 0 Å². The number of amides is 1. The van der Waals surface area contributed by atoms with E-state index in [0.29, 0.717) is 4.88 Å². The number of aromatic nitrogens is 1. The first-order valence-electron chi connectivity index (χ1n) is 5.59. The molecule has 0 unspecified atom stereocenters. The predicted octanol–water partition coefficient (Wildman–Crippen LogP) is 2.47. The van der Waals surface area contributed by atoms with Crippen LogP contribution in [0, 0.1) is 13.8 Å². The van der Waals surface area contributed by atoms with Crippen LogP contribution in [0.4, 0.5) is 0 Å². The number of thiophene rings is 1. The summed E-state index contributed by atoms with van der Waals surface area (Å²) in [5, 5.41) is 5.85. The number of nitrogens with one attached hydrogen (secondary N) is 1. The number of rotatable bonds is 3. The minimum atomic E-state index is -0.174. The molecule has 0 fully saturated rings. The summed E-state index contributed by atoms with van der Waals surface area (Å²) in [6.07, 6.45) is 1.67. The number of carbonyl (C=O) groups is 1. The van der Waals surface area contributed by atoms with E-state index in [1.807, 2.05) is 38.4 Å². The Morgan fingerprint density at radius 2 is 2.28 bits per heavy atom. The number of carbonyl (C=O) groups excluding carboxylic acids is 1. The molecule has 4 nitrogen and oxygen atoms in total. The highest BCUT2D eigenvalue weighted by molar-refractivity contribution is 7.12. The summed E-state index contributed by atoms with van der Waals surface area (Å²) in [5.74, 6) is -0.174. The van der Waals surface area contributed by atoms with Gasteiger partial charge in [-0.05, 0) is 31.4 Å². The number of hydrogen-bond acceptors (Lipinski definition) is 3. The smallest absolute Gasteiger partial charge is 0.281 e. The summed E-state index contributed by atoms with van der Waals surface area (Å²) in [7, 11) is 2.01. The van der Waals surface area contributed by atoms with E-state index in [0.717, 1.165) is 11.3 Å². The topological polar surface area (TPSA) is 46.4 Å². The van der Waals surface area contributed by atoms with Crippen molar-refractivity contribution in [1.29, 1.82) is 0 Å². The van der Waals surface area contributed by atoms with Crippen LogP contribution in [0.2, 0.25) is 0 Å². The molecule has 0 bridgehead atoms. The molecule has 2 heterocycles. The van der Waals surface area contributed by atoms with E-state index in [1.54, 1.807) is 12.3 Å². The Morgan fingerprint density at radius 1 is 1.50 bits per heavy atom. The average Bonchev–Trinajstić information content (AvgIpc) is 2.95. The van der Waals surface area contributed by atoms with Crippen molar-refractivity contribution in [3.63, 3.8) is 0 Å². The molecule has 5 heteroatoms. The van der Waals surface area contributed by atoms with Gasteiger partial charge in [-0.15, -0.1) is 11.3 Å². The van der Waals surface area contributed by atoms with E-state index in [-0.39, 0.29) is 5.91 Å². The summed E-state index contributed by atoms with van der Waals surface area (Å²) < 4.78 is 2.09. The van der Waals surface area contributed by atoms with Crippen molar-refractivity contribution in [2.75, 3.05) is 0 Å². The molecule has 0 aliphatic carbocycles. The minimum Gasteiger partial charge on any atom is -0.352 e. The molecular formula is C13H15N3OS. The van der Waals surface area contributed by atoms with E-state index in [4.69, 9.17) is 0 Å². The van der Waals surface area contributed by atoms with Crippen LogP contribution in [0.3, 0.4) is 0 Å². The average molecular weight is 261 g/mol. The van der Waals surface area contributed by atoms with Gasteiger partial charge in [-0.2, -0.15) is 5.10 Å². The monoisotopic (exact) mass is 261 g/mol. The normalized spacial score (nSPS) is 11.1. The first-order chi connectivity index (χ1) is 8.59. The van der Waals surface area contributed by atoms with Crippen molar-refractivity contribution in [2.24, 2.45) is 12.1 Å².